The minimum absolute atomic E-state index is 0.167. The standard InChI is InChI=1S/C18H28N2O4S/c1-4-6-7-8-16(11-14-18(21)24-5-2)19-20-25(22,23)17-12-9-15(3)10-13-17/h9-10,12-13,20H,4-8,11,14H2,1-3H3/b19-16+. The molecule has 0 aliphatic rings. The fraction of sp³-hybridized carbons (Fsp3) is 0.556. The summed E-state index contributed by atoms with van der Waals surface area (Å²) in [6.45, 7) is 6.07. The molecule has 1 aromatic rings. The number of hydrogen-bond donors (Lipinski definition) is 1. The molecule has 0 aromatic heterocycles. The van der Waals surface area contributed by atoms with Crippen LogP contribution in [0.15, 0.2) is 34.3 Å². The second kappa shape index (κ2) is 10.9. The van der Waals surface area contributed by atoms with Crippen LogP contribution in [0.3, 0.4) is 0 Å². The number of sulfonamides is 1. The number of unbranched alkanes of at least 4 members (excludes halogenated alkanes) is 2. The Balaban J connectivity index is 2.77. The fourth-order valence-corrected chi connectivity index (χ4v) is 3.04. The van der Waals surface area contributed by atoms with Crippen molar-refractivity contribution in [3.05, 3.63) is 29.8 Å². The molecule has 1 rings (SSSR count). The van der Waals surface area contributed by atoms with Crippen molar-refractivity contribution >= 4 is 21.7 Å². The van der Waals surface area contributed by atoms with Crippen LogP contribution in [0, 0.1) is 6.92 Å². The maximum atomic E-state index is 12.3. The predicted octanol–water partition coefficient (Wildman–Crippen LogP) is 3.55. The number of benzene rings is 1. The number of nitrogens with one attached hydrogen (secondary N) is 1. The van der Waals surface area contributed by atoms with Crippen molar-refractivity contribution in [3.8, 4) is 0 Å². The van der Waals surface area contributed by atoms with E-state index < -0.39 is 10.0 Å². The summed E-state index contributed by atoms with van der Waals surface area (Å²) in [5, 5.41) is 4.07. The Labute approximate surface area is 150 Å². The number of nitrogens with zero attached hydrogens (tertiary/aromatic N) is 1. The van der Waals surface area contributed by atoms with Crippen molar-refractivity contribution in [1.82, 2.24) is 4.83 Å². The Bertz CT molecular complexity index is 667. The summed E-state index contributed by atoms with van der Waals surface area (Å²) in [5.41, 5.74) is 1.65. The van der Waals surface area contributed by atoms with Gasteiger partial charge in [0.05, 0.1) is 17.9 Å². The Morgan fingerprint density at radius 2 is 1.76 bits per heavy atom. The van der Waals surface area contributed by atoms with Crippen molar-refractivity contribution in [2.45, 2.75) is 64.2 Å². The molecule has 0 unspecified atom stereocenters. The van der Waals surface area contributed by atoms with Gasteiger partial charge in [-0.3, -0.25) is 4.79 Å². The lowest BCUT2D eigenvalue weighted by Gasteiger charge is -2.09. The van der Waals surface area contributed by atoms with Gasteiger partial charge < -0.3 is 4.74 Å². The van der Waals surface area contributed by atoms with E-state index in [0.717, 1.165) is 24.8 Å². The summed E-state index contributed by atoms with van der Waals surface area (Å²) in [7, 11) is -3.71. The average Bonchev–Trinajstić information content (AvgIpc) is 2.57. The predicted molar refractivity (Wildman–Crippen MR) is 98.9 cm³/mol. The van der Waals surface area contributed by atoms with Gasteiger partial charge in [-0.25, -0.2) is 4.83 Å². The number of ether oxygens (including phenoxy) is 1. The van der Waals surface area contributed by atoms with Gasteiger partial charge in [0.1, 0.15) is 0 Å². The maximum absolute atomic E-state index is 12.3. The van der Waals surface area contributed by atoms with Crippen LogP contribution in [0.2, 0.25) is 0 Å². The van der Waals surface area contributed by atoms with Gasteiger partial charge in [-0.15, -0.1) is 0 Å². The Morgan fingerprint density at radius 3 is 2.36 bits per heavy atom. The minimum Gasteiger partial charge on any atom is -0.466 e. The first-order valence-electron chi connectivity index (χ1n) is 8.68. The van der Waals surface area contributed by atoms with Gasteiger partial charge in [-0.05, 0) is 45.2 Å². The highest BCUT2D eigenvalue weighted by Gasteiger charge is 2.13. The summed E-state index contributed by atoms with van der Waals surface area (Å²) in [6.07, 6.45) is 4.24. The highest BCUT2D eigenvalue weighted by molar-refractivity contribution is 7.89. The number of rotatable bonds is 11. The molecule has 0 aliphatic carbocycles. The van der Waals surface area contributed by atoms with E-state index in [1.807, 2.05) is 6.92 Å². The highest BCUT2D eigenvalue weighted by atomic mass is 32.2. The zero-order valence-corrected chi connectivity index (χ0v) is 16.1. The Morgan fingerprint density at radius 1 is 1.08 bits per heavy atom. The largest absolute Gasteiger partial charge is 0.466 e. The van der Waals surface area contributed by atoms with E-state index >= 15 is 0 Å². The van der Waals surface area contributed by atoms with Crippen LogP contribution in [0.4, 0.5) is 0 Å². The molecular formula is C18H28N2O4S. The third kappa shape index (κ3) is 8.16. The normalized spacial score (nSPS) is 12.0. The van der Waals surface area contributed by atoms with E-state index in [0.29, 0.717) is 25.2 Å². The van der Waals surface area contributed by atoms with Crippen molar-refractivity contribution in [1.29, 1.82) is 0 Å². The number of hydrazone groups is 1. The van der Waals surface area contributed by atoms with E-state index in [1.54, 1.807) is 31.2 Å². The van der Waals surface area contributed by atoms with E-state index in [-0.39, 0.29) is 17.3 Å². The lowest BCUT2D eigenvalue weighted by atomic mass is 10.1. The monoisotopic (exact) mass is 368 g/mol. The van der Waals surface area contributed by atoms with Crippen LogP contribution in [0.5, 0.6) is 0 Å². The molecule has 1 N–H and O–H groups in total. The molecule has 140 valence electrons. The van der Waals surface area contributed by atoms with Gasteiger partial charge in [-0.2, -0.15) is 13.5 Å². The van der Waals surface area contributed by atoms with Crippen LogP contribution < -0.4 is 4.83 Å². The zero-order valence-electron chi connectivity index (χ0n) is 15.2. The first-order valence-corrected chi connectivity index (χ1v) is 10.2. The summed E-state index contributed by atoms with van der Waals surface area (Å²) in [6, 6.07) is 6.56. The van der Waals surface area contributed by atoms with Gasteiger partial charge in [0.15, 0.2) is 0 Å². The second-order valence-electron chi connectivity index (χ2n) is 5.85. The van der Waals surface area contributed by atoms with E-state index in [1.165, 1.54) is 0 Å². The van der Waals surface area contributed by atoms with Crippen molar-refractivity contribution in [3.63, 3.8) is 0 Å². The van der Waals surface area contributed by atoms with Gasteiger partial charge >= 0.3 is 5.97 Å². The molecular weight excluding hydrogens is 340 g/mol. The molecule has 0 aliphatic heterocycles. The SMILES string of the molecule is CCCCC/C(CCC(=O)OCC)=N\NS(=O)(=O)c1ccc(C)cc1. The molecule has 0 spiro atoms. The molecule has 0 radical (unpaired) electrons. The maximum Gasteiger partial charge on any atom is 0.306 e. The average molecular weight is 368 g/mol. The van der Waals surface area contributed by atoms with Crippen LogP contribution in [-0.2, 0) is 19.6 Å². The van der Waals surface area contributed by atoms with Gasteiger partial charge in [0, 0.05) is 5.71 Å². The lowest BCUT2D eigenvalue weighted by Crippen LogP contribution is -2.21. The van der Waals surface area contributed by atoms with E-state index in [2.05, 4.69) is 16.9 Å². The molecule has 0 heterocycles. The molecule has 0 fully saturated rings. The highest BCUT2D eigenvalue weighted by Crippen LogP contribution is 2.11. The van der Waals surface area contributed by atoms with Crippen molar-refractivity contribution < 1.29 is 17.9 Å². The molecule has 6 nitrogen and oxygen atoms in total. The van der Waals surface area contributed by atoms with Crippen molar-refractivity contribution in [2.24, 2.45) is 5.10 Å². The zero-order chi connectivity index (χ0) is 18.7. The van der Waals surface area contributed by atoms with E-state index in [9.17, 15) is 13.2 Å². The second-order valence-corrected chi connectivity index (χ2v) is 7.51. The number of hydrogen-bond acceptors (Lipinski definition) is 5. The molecule has 0 bridgehead atoms. The van der Waals surface area contributed by atoms with Gasteiger partial charge in [0.2, 0.25) is 0 Å². The summed E-state index contributed by atoms with van der Waals surface area (Å²) in [5.74, 6) is -0.299. The number of carbonyl (C=O) groups is 1. The number of aryl methyl sites for hydroxylation is 1. The van der Waals surface area contributed by atoms with E-state index in [4.69, 9.17) is 4.74 Å². The van der Waals surface area contributed by atoms with Crippen LogP contribution in [0.25, 0.3) is 0 Å². The first kappa shape index (κ1) is 21.2. The lowest BCUT2D eigenvalue weighted by molar-refractivity contribution is -0.142. The van der Waals surface area contributed by atoms with Crippen LogP contribution in [-0.4, -0.2) is 26.7 Å². The van der Waals surface area contributed by atoms with Crippen LogP contribution >= 0.6 is 0 Å². The third-order valence-corrected chi connectivity index (χ3v) is 4.87. The topological polar surface area (TPSA) is 84.8 Å². The number of esters is 1. The summed E-state index contributed by atoms with van der Waals surface area (Å²) >= 11 is 0. The summed E-state index contributed by atoms with van der Waals surface area (Å²) < 4.78 is 29.5. The van der Waals surface area contributed by atoms with Gasteiger partial charge in [0.25, 0.3) is 10.0 Å². The molecule has 7 heteroatoms. The Hall–Kier alpha value is -1.89. The minimum atomic E-state index is -3.71. The van der Waals surface area contributed by atoms with Crippen LogP contribution in [0.1, 0.15) is 57.9 Å². The molecule has 0 atom stereocenters. The molecule has 25 heavy (non-hydrogen) atoms. The smallest absolute Gasteiger partial charge is 0.306 e. The molecule has 0 amide bonds. The summed E-state index contributed by atoms with van der Waals surface area (Å²) in [4.78, 5) is 14.0. The number of carbonyl (C=O) groups excluding carboxylic acids is 1. The molecule has 0 saturated carbocycles. The quantitative estimate of drug-likeness (QED) is 0.280. The first-order chi connectivity index (χ1) is 11.9. The Kier molecular flexibility index (Phi) is 9.20. The molecule has 1 aromatic carbocycles. The fourth-order valence-electron chi connectivity index (χ4n) is 2.19. The van der Waals surface area contributed by atoms with Gasteiger partial charge in [-0.1, -0.05) is 37.5 Å². The third-order valence-electron chi connectivity index (χ3n) is 3.65. The molecule has 0 saturated heterocycles. The van der Waals surface area contributed by atoms with Crippen molar-refractivity contribution in [2.75, 3.05) is 6.61 Å².